The number of amides is 2. The predicted molar refractivity (Wildman–Crippen MR) is 315 cm³/mol. The number of aliphatic hydroxyl groups is 1. The molecule has 6 unspecified atom stereocenters. The van der Waals surface area contributed by atoms with Crippen molar-refractivity contribution in [2.24, 2.45) is 21.2 Å². The highest BCUT2D eigenvalue weighted by atomic mass is 19.1. The van der Waals surface area contributed by atoms with Crippen molar-refractivity contribution in [3.8, 4) is 22.9 Å². The summed E-state index contributed by atoms with van der Waals surface area (Å²) in [6.07, 6.45) is 14.3. The highest BCUT2D eigenvalue weighted by molar-refractivity contribution is 6.06. The summed E-state index contributed by atoms with van der Waals surface area (Å²) in [6, 6.07) is 20.2. The maximum Gasteiger partial charge on any atom is 0.319 e. The number of halogens is 1. The summed E-state index contributed by atoms with van der Waals surface area (Å²) < 4.78 is 35.2. The molecule has 2 bridgehead atoms. The van der Waals surface area contributed by atoms with Crippen LogP contribution in [0.2, 0.25) is 0 Å². The second-order valence-electron chi connectivity index (χ2n) is 22.9. The molecule has 5 aliphatic heterocycles. The molecule has 12 rings (SSSR count). The molecule has 4 N–H and O–H groups in total. The van der Waals surface area contributed by atoms with Gasteiger partial charge in [0.05, 0.1) is 49.8 Å². The van der Waals surface area contributed by atoms with Crippen LogP contribution in [0.25, 0.3) is 38.6 Å². The normalized spacial score (nSPS) is 21.7. The van der Waals surface area contributed by atoms with Crippen LogP contribution in [-0.4, -0.2) is 130 Å². The average molecular weight is 1120 g/mol. The number of carbonyl (C=O) groups excluding carboxylic acids is 2. The van der Waals surface area contributed by atoms with Crippen LogP contribution in [0.5, 0.6) is 11.8 Å². The van der Waals surface area contributed by atoms with E-state index in [2.05, 4.69) is 104 Å². The number of rotatable bonds is 19. The number of aromatic amines is 1. The Bertz CT molecular complexity index is 3370. The highest BCUT2D eigenvalue weighted by Gasteiger charge is 2.41. The van der Waals surface area contributed by atoms with Crippen molar-refractivity contribution in [1.29, 1.82) is 0 Å². The molecule has 6 aliphatic rings. The van der Waals surface area contributed by atoms with Gasteiger partial charge in [0, 0.05) is 78.1 Å². The molecule has 82 heavy (non-hydrogen) atoms. The first-order chi connectivity index (χ1) is 39.9. The molecule has 1 saturated carbocycles. The number of nitrogens with one attached hydrogen (secondary N) is 3. The van der Waals surface area contributed by atoms with E-state index in [1.165, 1.54) is 11.0 Å². The number of allylic oxidation sites excluding steroid dienone is 3. The van der Waals surface area contributed by atoms with Crippen LogP contribution >= 0.6 is 0 Å². The van der Waals surface area contributed by atoms with E-state index in [0.29, 0.717) is 90.9 Å². The van der Waals surface area contributed by atoms with Crippen molar-refractivity contribution in [2.75, 3.05) is 50.9 Å². The molecular weight excluding hydrogens is 1040 g/mol. The van der Waals surface area contributed by atoms with Crippen molar-refractivity contribution in [2.45, 2.75) is 134 Å². The minimum absolute atomic E-state index is 0.00872. The summed E-state index contributed by atoms with van der Waals surface area (Å²) in [5, 5.41) is 36.5. The van der Waals surface area contributed by atoms with Crippen LogP contribution < -0.4 is 25.0 Å². The zero-order valence-electron chi connectivity index (χ0n) is 47.6. The zero-order valence-corrected chi connectivity index (χ0v) is 47.6. The summed E-state index contributed by atoms with van der Waals surface area (Å²) in [4.78, 5) is 41.8. The number of hydrogen-bond donors (Lipinski definition) is 4. The van der Waals surface area contributed by atoms with E-state index >= 15 is 4.39 Å². The Morgan fingerprint density at radius 3 is 2.49 bits per heavy atom. The third-order valence-electron chi connectivity index (χ3n) is 17.2. The summed E-state index contributed by atoms with van der Waals surface area (Å²) in [5.74, 6) is 1.76. The van der Waals surface area contributed by atoms with Crippen LogP contribution in [0.3, 0.4) is 0 Å². The Hall–Kier alpha value is -7.61. The standard InChI is InChI=1S/C43H50FN9O3.C20H25N3O3/c1-23(2)25(4)53-21-37(50-51-53)28-7-5-26(6-8-28)22-55-41-39(38-24(3)35(44)17-36-34(38)19-46-49-36)32(27-9-10-27)16-33-40(41)47-43(56-31-11-13-54-14-12-31)48-42(33)52-20-29-15-30(52)18-45-29;1-3-4-6-17(21-2)15-8-10-16(11-9-15)18(13-24)22-20(26)19-7-5-12-23(19)14-25/h5-8,16-17,19,23,25,27,29-31,37,45H,9-15,18,20-22H2,1-4H3,(H,46,49);3-4,6,8-11,14,18-19,24H,2,5,7,12-13H2,1H3,(H,22,26)/b;4-3-,17-6-. The number of aliphatic hydroxyl groups excluding tert-OH is 1. The lowest BCUT2D eigenvalue weighted by Gasteiger charge is -2.31. The topological polar surface area (TPSA) is 207 Å². The van der Waals surface area contributed by atoms with Gasteiger partial charge in [-0.25, -0.2) is 4.39 Å². The Morgan fingerprint density at radius 1 is 1.01 bits per heavy atom. The fraction of sp³-hybridized carbons (Fsp3) is 0.460. The van der Waals surface area contributed by atoms with E-state index in [1.807, 2.05) is 56.3 Å². The van der Waals surface area contributed by atoms with Crippen molar-refractivity contribution in [3.63, 3.8) is 0 Å². The number of anilines is 1. The number of carbonyl (C=O) groups is 2. The molecule has 5 fully saturated rings. The average Bonchev–Trinajstić information content (AvgIpc) is 3.67. The van der Waals surface area contributed by atoms with E-state index in [-0.39, 0.29) is 37.1 Å². The van der Waals surface area contributed by atoms with Crippen LogP contribution in [0, 0.1) is 18.7 Å². The van der Waals surface area contributed by atoms with Crippen LogP contribution in [0.1, 0.15) is 124 Å². The number of benzene rings is 4. The number of likely N-dealkylation sites (tertiary alicyclic amines) is 1. The molecule has 0 radical (unpaired) electrons. The number of hydrogen-bond acceptors (Lipinski definition) is 15. The van der Waals surface area contributed by atoms with Crippen molar-refractivity contribution < 1.29 is 33.3 Å². The Kier molecular flexibility index (Phi) is 17.1. The van der Waals surface area contributed by atoms with E-state index in [9.17, 15) is 14.7 Å². The molecular formula is C63H75FN12O6. The number of aliphatic imine (C=N–C) groups is 1. The lowest BCUT2D eigenvalue weighted by atomic mass is 9.88. The fourth-order valence-corrected chi connectivity index (χ4v) is 12.0. The first-order valence-electron chi connectivity index (χ1n) is 29.1. The molecule has 18 nitrogen and oxygen atoms in total. The van der Waals surface area contributed by atoms with Gasteiger partial charge >= 0.3 is 6.01 Å². The lowest BCUT2D eigenvalue weighted by Crippen LogP contribution is -2.44. The minimum Gasteiger partial charge on any atom is -0.486 e. The number of fused-ring (bicyclic) bond motifs is 4. The van der Waals surface area contributed by atoms with Gasteiger partial charge in [0.2, 0.25) is 12.3 Å². The van der Waals surface area contributed by atoms with Crippen molar-refractivity contribution in [1.82, 2.24) is 40.7 Å². The van der Waals surface area contributed by atoms with Crippen LogP contribution in [-0.2, 0) is 20.9 Å². The van der Waals surface area contributed by atoms with Crippen molar-refractivity contribution >= 4 is 52.4 Å². The monoisotopic (exact) mass is 1110 g/mol. The summed E-state index contributed by atoms with van der Waals surface area (Å²) in [6.45, 7) is 18.5. The molecule has 0 spiro atoms. The van der Waals surface area contributed by atoms with E-state index in [0.717, 1.165) is 119 Å². The Balaban J connectivity index is 0.000000229. The van der Waals surface area contributed by atoms with Gasteiger partial charge < -0.3 is 39.8 Å². The predicted octanol–water partition coefficient (Wildman–Crippen LogP) is 10.0. The summed E-state index contributed by atoms with van der Waals surface area (Å²) in [7, 11) is 0. The van der Waals surface area contributed by atoms with Gasteiger partial charge in [-0.1, -0.05) is 79.8 Å². The lowest BCUT2D eigenvalue weighted by molar-refractivity contribution is -0.131. The number of aromatic nitrogens is 4. The number of ether oxygens (including phenoxy) is 3. The Morgan fingerprint density at radius 2 is 1.80 bits per heavy atom. The molecule has 6 aromatic rings. The van der Waals surface area contributed by atoms with Crippen molar-refractivity contribution in [3.05, 3.63) is 124 Å². The maximum absolute atomic E-state index is 15.9. The molecule has 4 aromatic carbocycles. The summed E-state index contributed by atoms with van der Waals surface area (Å²) >= 11 is 0. The summed E-state index contributed by atoms with van der Waals surface area (Å²) in [5.41, 5.74) is 9.22. The molecule has 4 saturated heterocycles. The molecule has 2 amide bonds. The number of nitrogens with zero attached hydrogens (tertiary/aromatic N) is 9. The zero-order chi connectivity index (χ0) is 57.0. The number of piperazine rings is 1. The Labute approximate surface area is 478 Å². The van der Waals surface area contributed by atoms with Crippen LogP contribution in [0.4, 0.5) is 10.2 Å². The second-order valence-corrected chi connectivity index (χ2v) is 22.9. The van der Waals surface area contributed by atoms with Gasteiger partial charge in [0.25, 0.3) is 0 Å². The first-order valence-corrected chi connectivity index (χ1v) is 29.1. The molecule has 430 valence electrons. The molecule has 1 aliphatic carbocycles. The highest BCUT2D eigenvalue weighted by Crippen LogP contribution is 2.53. The van der Waals surface area contributed by atoms with Gasteiger partial charge in [-0.05, 0) is 117 Å². The third-order valence-corrected chi connectivity index (χ3v) is 17.2. The fourth-order valence-electron chi connectivity index (χ4n) is 12.0. The molecule has 2 aromatic heterocycles. The second kappa shape index (κ2) is 24.9. The maximum atomic E-state index is 15.9. The minimum atomic E-state index is -0.523. The van der Waals surface area contributed by atoms with Gasteiger partial charge in [0.15, 0.2) is 5.75 Å². The van der Waals surface area contributed by atoms with E-state index < -0.39 is 12.1 Å². The largest absolute Gasteiger partial charge is 0.486 e. The van der Waals surface area contributed by atoms with Gasteiger partial charge in [-0.15, -0.1) is 0 Å². The van der Waals surface area contributed by atoms with E-state index in [1.54, 1.807) is 6.20 Å². The third kappa shape index (κ3) is 11.9. The smallest absolute Gasteiger partial charge is 0.319 e. The van der Waals surface area contributed by atoms with Gasteiger partial charge in [-0.3, -0.25) is 24.7 Å². The molecule has 7 heterocycles. The SMILES string of the molecule is C=N/C(=C\C=C/C)c1ccc(C(CO)NC(=O)C2CCCN2C=O)cc1.Cc1c(F)cc2[nH]ncc2c1-c1c(C2CC2)cc2c(N3CC4CC3CN4)nc(OC3CCOCC3)nc2c1OCc1ccc(C2CN(C(C)C(C)C)N=N2)cc1. The molecule has 19 heteroatoms. The molecule has 6 atom stereocenters. The van der Waals surface area contributed by atoms with Crippen LogP contribution in [0.15, 0.2) is 100 Å². The van der Waals surface area contributed by atoms with Gasteiger partial charge in [0.1, 0.15) is 41.9 Å². The number of H-pyrrole nitrogens is 1. The van der Waals surface area contributed by atoms with E-state index in [4.69, 9.17) is 24.2 Å². The van der Waals surface area contributed by atoms with Gasteiger partial charge in [-0.2, -0.15) is 20.2 Å². The first kappa shape index (κ1) is 56.3. The quantitative estimate of drug-likeness (QED) is 0.0340.